The van der Waals surface area contributed by atoms with Gasteiger partial charge in [-0.25, -0.2) is 0 Å². The highest BCUT2D eigenvalue weighted by Crippen LogP contribution is 2.15. The van der Waals surface area contributed by atoms with Crippen molar-refractivity contribution < 1.29 is 4.79 Å². The molecule has 2 aliphatic heterocycles. The third kappa shape index (κ3) is 3.91. The van der Waals surface area contributed by atoms with Gasteiger partial charge in [-0.2, -0.15) is 0 Å². The van der Waals surface area contributed by atoms with Crippen LogP contribution in [0.2, 0.25) is 0 Å². The van der Waals surface area contributed by atoms with Crippen molar-refractivity contribution in [3.63, 3.8) is 0 Å². The molecule has 5 nitrogen and oxygen atoms in total. The average Bonchev–Trinajstić information content (AvgIpc) is 2.85. The summed E-state index contributed by atoms with van der Waals surface area (Å²) in [4.78, 5) is 19.2. The number of hydrogen-bond acceptors (Lipinski definition) is 4. The highest BCUT2D eigenvalue weighted by molar-refractivity contribution is 5.78. The first-order valence-electron chi connectivity index (χ1n) is 7.46. The minimum Gasteiger partial charge on any atom is -0.341 e. The molecule has 2 saturated heterocycles. The summed E-state index contributed by atoms with van der Waals surface area (Å²) in [6.07, 6.45) is 1.11. The van der Waals surface area contributed by atoms with Gasteiger partial charge in [-0.15, -0.1) is 0 Å². The Balaban J connectivity index is 1.80. The van der Waals surface area contributed by atoms with Crippen LogP contribution in [0, 0.1) is 5.92 Å². The molecule has 0 aromatic heterocycles. The van der Waals surface area contributed by atoms with E-state index in [1.54, 1.807) is 0 Å². The highest BCUT2D eigenvalue weighted by Gasteiger charge is 2.29. The molecule has 2 heterocycles. The fourth-order valence-corrected chi connectivity index (χ4v) is 3.11. The molecule has 0 aromatic rings. The van der Waals surface area contributed by atoms with E-state index in [9.17, 15) is 4.79 Å². The third-order valence-electron chi connectivity index (χ3n) is 4.43. The number of likely N-dealkylation sites (tertiary alicyclic amines) is 1. The maximum atomic E-state index is 12.5. The van der Waals surface area contributed by atoms with Crippen molar-refractivity contribution >= 4 is 5.91 Å². The van der Waals surface area contributed by atoms with Crippen molar-refractivity contribution in [2.24, 2.45) is 5.92 Å². The Morgan fingerprint density at radius 2 is 2.05 bits per heavy atom. The SMILES string of the molecule is CC(CN1CCNCC1)C(=O)N(C)C1CCN(C)C1. The molecule has 5 heteroatoms. The van der Waals surface area contributed by atoms with Gasteiger partial charge in [-0.1, -0.05) is 6.92 Å². The first-order valence-corrected chi connectivity index (χ1v) is 7.46. The molecule has 2 atom stereocenters. The smallest absolute Gasteiger partial charge is 0.226 e. The number of nitrogens with zero attached hydrogens (tertiary/aromatic N) is 3. The van der Waals surface area contributed by atoms with Gasteiger partial charge in [0.1, 0.15) is 0 Å². The lowest BCUT2D eigenvalue weighted by Gasteiger charge is -2.32. The number of rotatable bonds is 4. The van der Waals surface area contributed by atoms with Gasteiger partial charge < -0.3 is 20.0 Å². The monoisotopic (exact) mass is 268 g/mol. The molecule has 1 amide bonds. The lowest BCUT2D eigenvalue weighted by Crippen LogP contribution is -2.48. The maximum Gasteiger partial charge on any atom is 0.226 e. The van der Waals surface area contributed by atoms with Crippen LogP contribution in [0.25, 0.3) is 0 Å². The molecule has 2 rings (SSSR count). The molecule has 0 aliphatic carbocycles. The van der Waals surface area contributed by atoms with Crippen LogP contribution in [0.5, 0.6) is 0 Å². The largest absolute Gasteiger partial charge is 0.341 e. The van der Waals surface area contributed by atoms with Crippen molar-refractivity contribution in [2.75, 3.05) is 59.9 Å². The van der Waals surface area contributed by atoms with Gasteiger partial charge in [0.25, 0.3) is 0 Å². The predicted molar refractivity (Wildman–Crippen MR) is 77.1 cm³/mol. The maximum absolute atomic E-state index is 12.5. The molecular formula is C14H28N4O. The Morgan fingerprint density at radius 1 is 1.37 bits per heavy atom. The van der Waals surface area contributed by atoms with E-state index in [4.69, 9.17) is 0 Å². The molecule has 0 aromatic carbocycles. The molecule has 0 spiro atoms. The fraction of sp³-hybridized carbons (Fsp3) is 0.929. The van der Waals surface area contributed by atoms with Crippen LogP contribution in [0.4, 0.5) is 0 Å². The normalized spacial score (nSPS) is 27.4. The van der Waals surface area contributed by atoms with Crippen LogP contribution in [-0.2, 0) is 4.79 Å². The number of carbonyl (C=O) groups is 1. The number of hydrogen-bond donors (Lipinski definition) is 1. The van der Waals surface area contributed by atoms with E-state index in [2.05, 4.69) is 29.1 Å². The topological polar surface area (TPSA) is 38.8 Å². The summed E-state index contributed by atoms with van der Waals surface area (Å²) in [5.74, 6) is 0.410. The quantitative estimate of drug-likeness (QED) is 0.759. The molecule has 2 aliphatic rings. The van der Waals surface area contributed by atoms with Crippen molar-refractivity contribution in [3.8, 4) is 0 Å². The molecule has 0 radical (unpaired) electrons. The van der Waals surface area contributed by atoms with E-state index >= 15 is 0 Å². The molecule has 19 heavy (non-hydrogen) atoms. The van der Waals surface area contributed by atoms with Crippen LogP contribution >= 0.6 is 0 Å². The Labute approximate surface area is 116 Å². The summed E-state index contributed by atoms with van der Waals surface area (Å²) in [6.45, 7) is 9.30. The second-order valence-electron chi connectivity index (χ2n) is 6.11. The average molecular weight is 268 g/mol. The van der Waals surface area contributed by atoms with Gasteiger partial charge in [-0.05, 0) is 20.0 Å². The van der Waals surface area contributed by atoms with Crippen LogP contribution in [0.15, 0.2) is 0 Å². The van der Waals surface area contributed by atoms with Gasteiger partial charge in [0.15, 0.2) is 0 Å². The zero-order valence-corrected chi connectivity index (χ0v) is 12.6. The number of amides is 1. The molecule has 0 bridgehead atoms. The zero-order chi connectivity index (χ0) is 13.8. The van der Waals surface area contributed by atoms with E-state index in [1.807, 2.05) is 11.9 Å². The van der Waals surface area contributed by atoms with E-state index in [1.165, 1.54) is 0 Å². The second kappa shape index (κ2) is 6.68. The Hall–Kier alpha value is -0.650. The van der Waals surface area contributed by atoms with Gasteiger partial charge in [0, 0.05) is 58.3 Å². The third-order valence-corrected chi connectivity index (χ3v) is 4.43. The van der Waals surface area contributed by atoms with Crippen LogP contribution in [0.3, 0.4) is 0 Å². The summed E-state index contributed by atoms with van der Waals surface area (Å²) in [5.41, 5.74) is 0. The van der Waals surface area contributed by atoms with Crippen molar-refractivity contribution in [3.05, 3.63) is 0 Å². The van der Waals surface area contributed by atoms with Gasteiger partial charge in [-0.3, -0.25) is 4.79 Å². The summed E-state index contributed by atoms with van der Waals surface area (Å²) < 4.78 is 0. The van der Waals surface area contributed by atoms with Gasteiger partial charge in [0.2, 0.25) is 5.91 Å². The minimum atomic E-state index is 0.106. The Bertz CT molecular complexity index is 304. The standard InChI is InChI=1S/C14H28N4O/c1-12(10-18-8-5-15-6-9-18)14(19)17(3)13-4-7-16(2)11-13/h12-13,15H,4-11H2,1-3H3. The molecule has 2 fully saturated rings. The molecule has 1 N–H and O–H groups in total. The van der Waals surface area contributed by atoms with Crippen LogP contribution in [0.1, 0.15) is 13.3 Å². The van der Waals surface area contributed by atoms with Crippen molar-refractivity contribution in [1.82, 2.24) is 20.0 Å². The summed E-state index contributed by atoms with van der Waals surface area (Å²) in [6, 6.07) is 0.406. The van der Waals surface area contributed by atoms with E-state index < -0.39 is 0 Å². The van der Waals surface area contributed by atoms with E-state index in [0.717, 1.165) is 52.2 Å². The van der Waals surface area contributed by atoms with E-state index in [0.29, 0.717) is 11.9 Å². The lowest BCUT2D eigenvalue weighted by atomic mass is 10.1. The first kappa shape index (κ1) is 14.8. The second-order valence-corrected chi connectivity index (χ2v) is 6.11. The Morgan fingerprint density at radius 3 is 2.63 bits per heavy atom. The summed E-state index contributed by atoms with van der Waals surface area (Å²) >= 11 is 0. The summed E-state index contributed by atoms with van der Waals surface area (Å²) in [7, 11) is 4.10. The number of likely N-dealkylation sites (N-methyl/N-ethyl adjacent to an activating group) is 2. The predicted octanol–water partition coefficient (Wildman–Crippen LogP) is -0.310. The lowest BCUT2D eigenvalue weighted by molar-refractivity contribution is -0.136. The van der Waals surface area contributed by atoms with Crippen molar-refractivity contribution in [2.45, 2.75) is 19.4 Å². The first-order chi connectivity index (χ1) is 9.08. The van der Waals surface area contributed by atoms with Crippen LogP contribution in [-0.4, -0.2) is 86.6 Å². The van der Waals surface area contributed by atoms with E-state index in [-0.39, 0.29) is 5.92 Å². The number of piperazine rings is 1. The number of carbonyl (C=O) groups excluding carboxylic acids is 1. The fourth-order valence-electron chi connectivity index (χ4n) is 3.11. The highest BCUT2D eigenvalue weighted by atomic mass is 16.2. The Kier molecular flexibility index (Phi) is 5.19. The number of nitrogens with one attached hydrogen (secondary N) is 1. The minimum absolute atomic E-state index is 0.106. The van der Waals surface area contributed by atoms with Gasteiger partial charge >= 0.3 is 0 Å². The van der Waals surface area contributed by atoms with Crippen molar-refractivity contribution in [1.29, 1.82) is 0 Å². The summed E-state index contributed by atoms with van der Waals surface area (Å²) in [5, 5.41) is 3.35. The molecule has 2 unspecified atom stereocenters. The zero-order valence-electron chi connectivity index (χ0n) is 12.6. The molecule has 110 valence electrons. The molecule has 0 saturated carbocycles. The van der Waals surface area contributed by atoms with Gasteiger partial charge in [0.05, 0.1) is 0 Å². The van der Waals surface area contributed by atoms with Crippen LogP contribution < -0.4 is 5.32 Å². The molecular weight excluding hydrogens is 240 g/mol.